The second kappa shape index (κ2) is 5.10. The van der Waals surface area contributed by atoms with Gasteiger partial charge < -0.3 is 9.73 Å². The number of rotatable bonds is 3. The third-order valence-electron chi connectivity index (χ3n) is 2.16. The summed E-state index contributed by atoms with van der Waals surface area (Å²) in [6.07, 6.45) is 0. The van der Waals surface area contributed by atoms with E-state index in [-0.39, 0.29) is 6.04 Å². The number of furan rings is 1. The van der Waals surface area contributed by atoms with Gasteiger partial charge in [-0.15, -0.1) is 11.3 Å². The number of hydrogen-bond acceptors (Lipinski definition) is 3. The van der Waals surface area contributed by atoms with Crippen molar-refractivity contribution >= 4 is 50.5 Å². The first-order chi connectivity index (χ1) is 7.61. The summed E-state index contributed by atoms with van der Waals surface area (Å²) in [6.45, 7) is 0. The minimum atomic E-state index is -0.0810. The Labute approximate surface area is 116 Å². The fraction of sp³-hybridized carbons (Fsp3) is 0.200. The van der Waals surface area contributed by atoms with Crippen LogP contribution in [0.4, 0.5) is 0 Å². The molecule has 2 rings (SSSR count). The van der Waals surface area contributed by atoms with Crippen LogP contribution in [-0.4, -0.2) is 7.05 Å². The quantitative estimate of drug-likeness (QED) is 0.874. The molecule has 16 heavy (non-hydrogen) atoms. The molecule has 0 fully saturated rings. The molecule has 0 aliphatic rings. The second-order valence-electron chi connectivity index (χ2n) is 3.14. The average molecular weight is 341 g/mol. The van der Waals surface area contributed by atoms with Crippen LogP contribution in [0.3, 0.4) is 0 Å². The lowest BCUT2D eigenvalue weighted by Gasteiger charge is -2.12. The van der Waals surface area contributed by atoms with Crippen molar-refractivity contribution in [2.24, 2.45) is 0 Å². The Balaban J connectivity index is 2.40. The van der Waals surface area contributed by atoms with Crippen LogP contribution in [0.25, 0.3) is 0 Å². The molecule has 0 aromatic carbocycles. The van der Waals surface area contributed by atoms with E-state index in [1.807, 2.05) is 25.2 Å². The van der Waals surface area contributed by atoms with E-state index < -0.39 is 0 Å². The molecule has 2 aromatic heterocycles. The van der Waals surface area contributed by atoms with Gasteiger partial charge in [0.1, 0.15) is 5.76 Å². The van der Waals surface area contributed by atoms with Gasteiger partial charge in [0.25, 0.3) is 0 Å². The van der Waals surface area contributed by atoms with Crippen LogP contribution >= 0.6 is 50.5 Å². The van der Waals surface area contributed by atoms with E-state index in [9.17, 15) is 0 Å². The molecule has 1 atom stereocenters. The van der Waals surface area contributed by atoms with Crippen molar-refractivity contribution in [1.82, 2.24) is 5.32 Å². The minimum Gasteiger partial charge on any atom is -0.452 e. The maximum Gasteiger partial charge on any atom is 0.169 e. The first-order valence-electron chi connectivity index (χ1n) is 4.49. The van der Waals surface area contributed by atoms with Crippen LogP contribution in [0.1, 0.15) is 17.4 Å². The van der Waals surface area contributed by atoms with Crippen molar-refractivity contribution in [3.05, 3.63) is 42.9 Å². The monoisotopic (exact) mass is 339 g/mol. The second-order valence-corrected chi connectivity index (χ2v) is 6.21. The van der Waals surface area contributed by atoms with Gasteiger partial charge in [-0.1, -0.05) is 23.2 Å². The Hall–Kier alpha value is -0.0000000000000000555. The summed E-state index contributed by atoms with van der Waals surface area (Å²) in [5.41, 5.74) is 0.931. The van der Waals surface area contributed by atoms with Crippen molar-refractivity contribution < 1.29 is 4.42 Å². The maximum atomic E-state index is 6.12. The van der Waals surface area contributed by atoms with Crippen molar-refractivity contribution in [2.45, 2.75) is 6.04 Å². The summed E-state index contributed by atoms with van der Waals surface area (Å²) < 4.78 is 7.56. The summed E-state index contributed by atoms with van der Waals surface area (Å²) in [6, 6.07) is 5.52. The van der Waals surface area contributed by atoms with Gasteiger partial charge in [0.2, 0.25) is 0 Å². The van der Waals surface area contributed by atoms with E-state index in [2.05, 4.69) is 21.2 Å². The largest absolute Gasteiger partial charge is 0.452 e. The highest BCUT2D eigenvalue weighted by Crippen LogP contribution is 2.38. The smallest absolute Gasteiger partial charge is 0.169 e. The summed E-state index contributed by atoms with van der Waals surface area (Å²) in [5.74, 6) is 0.797. The summed E-state index contributed by atoms with van der Waals surface area (Å²) >= 11 is 16.7. The molecule has 0 bridgehead atoms. The van der Waals surface area contributed by atoms with Gasteiger partial charge >= 0.3 is 0 Å². The molecule has 0 spiro atoms. The molecule has 0 radical (unpaired) electrons. The van der Waals surface area contributed by atoms with Crippen LogP contribution in [0, 0.1) is 0 Å². The van der Waals surface area contributed by atoms with Crippen LogP contribution < -0.4 is 5.32 Å². The summed E-state index contributed by atoms with van der Waals surface area (Å²) in [5, 5.41) is 3.15. The van der Waals surface area contributed by atoms with E-state index in [4.69, 9.17) is 27.6 Å². The number of hydrogen-bond donors (Lipinski definition) is 1. The van der Waals surface area contributed by atoms with Crippen LogP contribution in [0.5, 0.6) is 0 Å². The molecule has 6 heteroatoms. The Morgan fingerprint density at radius 1 is 1.44 bits per heavy atom. The third kappa shape index (κ3) is 2.46. The molecule has 0 saturated carbocycles. The first kappa shape index (κ1) is 12.5. The Morgan fingerprint density at radius 3 is 2.62 bits per heavy atom. The fourth-order valence-corrected chi connectivity index (χ4v) is 3.34. The molecule has 0 aliphatic carbocycles. The molecule has 0 amide bonds. The topological polar surface area (TPSA) is 25.2 Å². The van der Waals surface area contributed by atoms with Crippen molar-refractivity contribution in [1.29, 1.82) is 0 Å². The van der Waals surface area contributed by atoms with Gasteiger partial charge in [0, 0.05) is 5.56 Å². The van der Waals surface area contributed by atoms with Crippen LogP contribution in [0.15, 0.2) is 27.3 Å². The molecule has 2 aromatic rings. The maximum absolute atomic E-state index is 6.12. The van der Waals surface area contributed by atoms with E-state index in [0.29, 0.717) is 13.3 Å². The predicted octanol–water partition coefficient (Wildman–Crippen LogP) is 4.72. The summed E-state index contributed by atoms with van der Waals surface area (Å²) in [4.78, 5) is 0. The minimum absolute atomic E-state index is 0.0810. The number of thiophene rings is 1. The molecular weight excluding hydrogens is 333 g/mol. The number of halogens is 3. The molecular formula is C10H8BrCl2NOS. The highest BCUT2D eigenvalue weighted by atomic mass is 79.9. The average Bonchev–Trinajstić information content (AvgIpc) is 2.76. The molecule has 1 N–H and O–H groups in total. The predicted molar refractivity (Wildman–Crippen MR) is 71.6 cm³/mol. The molecule has 2 heterocycles. The van der Waals surface area contributed by atoms with Gasteiger partial charge in [-0.2, -0.15) is 0 Å². The molecule has 1 unspecified atom stereocenters. The SMILES string of the molecule is CNC(c1ccc(Br)o1)c1cc(Cl)sc1Cl. The Kier molecular flexibility index (Phi) is 3.97. The van der Waals surface area contributed by atoms with E-state index in [1.165, 1.54) is 11.3 Å². The Morgan fingerprint density at radius 2 is 2.19 bits per heavy atom. The molecule has 0 aliphatic heterocycles. The van der Waals surface area contributed by atoms with E-state index in [1.54, 1.807) is 0 Å². The lowest BCUT2D eigenvalue weighted by atomic mass is 10.1. The van der Waals surface area contributed by atoms with Crippen molar-refractivity contribution in [3.63, 3.8) is 0 Å². The van der Waals surface area contributed by atoms with Gasteiger partial charge in [0.15, 0.2) is 4.67 Å². The van der Waals surface area contributed by atoms with E-state index in [0.717, 1.165) is 11.3 Å². The highest BCUT2D eigenvalue weighted by molar-refractivity contribution is 9.10. The standard InChI is InChI=1S/C10H8BrCl2NOS/c1-14-9(6-2-3-7(11)15-6)5-4-8(12)16-10(5)13/h2-4,9,14H,1H3. The Bertz CT molecular complexity index is 497. The first-order valence-corrected chi connectivity index (χ1v) is 6.85. The van der Waals surface area contributed by atoms with E-state index >= 15 is 0 Å². The fourth-order valence-electron chi connectivity index (χ4n) is 1.48. The van der Waals surface area contributed by atoms with Crippen LogP contribution in [-0.2, 0) is 0 Å². The normalized spacial score (nSPS) is 13.0. The molecule has 2 nitrogen and oxygen atoms in total. The lowest BCUT2D eigenvalue weighted by molar-refractivity contribution is 0.447. The lowest BCUT2D eigenvalue weighted by Crippen LogP contribution is -2.16. The third-order valence-corrected chi connectivity index (χ3v) is 4.11. The number of nitrogens with one attached hydrogen (secondary N) is 1. The summed E-state index contributed by atoms with van der Waals surface area (Å²) in [7, 11) is 1.85. The zero-order chi connectivity index (χ0) is 11.7. The van der Waals surface area contributed by atoms with Crippen molar-refractivity contribution in [3.8, 4) is 0 Å². The van der Waals surface area contributed by atoms with Gasteiger partial charge in [-0.05, 0) is 41.2 Å². The van der Waals surface area contributed by atoms with Crippen LogP contribution in [0.2, 0.25) is 8.67 Å². The van der Waals surface area contributed by atoms with Gasteiger partial charge in [-0.3, -0.25) is 0 Å². The molecule has 86 valence electrons. The zero-order valence-electron chi connectivity index (χ0n) is 8.26. The zero-order valence-corrected chi connectivity index (χ0v) is 12.2. The van der Waals surface area contributed by atoms with Gasteiger partial charge in [0.05, 0.1) is 14.7 Å². The van der Waals surface area contributed by atoms with Gasteiger partial charge in [-0.25, -0.2) is 0 Å². The molecule has 0 saturated heterocycles. The van der Waals surface area contributed by atoms with Crippen molar-refractivity contribution in [2.75, 3.05) is 7.05 Å². The highest BCUT2D eigenvalue weighted by Gasteiger charge is 2.20.